The predicted octanol–water partition coefficient (Wildman–Crippen LogP) is 3.90. The quantitative estimate of drug-likeness (QED) is 0.492. The number of carbonyl (C=O) groups excluding carboxylic acids is 1. The van der Waals surface area contributed by atoms with E-state index < -0.39 is 0 Å². The van der Waals surface area contributed by atoms with E-state index in [1.54, 1.807) is 0 Å². The molecule has 1 amide bonds. The number of aromatic nitrogens is 1. The number of morpholine rings is 1. The molecule has 0 spiro atoms. The number of nitrogens with one attached hydrogen (secondary N) is 1. The highest BCUT2D eigenvalue weighted by Crippen LogP contribution is 2.24. The van der Waals surface area contributed by atoms with Crippen molar-refractivity contribution >= 4 is 16.8 Å². The van der Waals surface area contributed by atoms with E-state index in [1.807, 2.05) is 42.5 Å². The zero-order chi connectivity index (χ0) is 22.0. The molecule has 1 N–H and O–H groups in total. The minimum atomic E-state index is 0.115. The molecular weight excluding hydrogens is 402 g/mol. The van der Waals surface area contributed by atoms with E-state index in [0.29, 0.717) is 19.6 Å². The molecule has 1 aromatic heterocycles. The summed E-state index contributed by atoms with van der Waals surface area (Å²) in [5.41, 5.74) is 3.03. The van der Waals surface area contributed by atoms with Crippen molar-refractivity contribution < 1.29 is 14.3 Å². The number of pyridine rings is 1. The molecule has 1 aliphatic rings. The Balaban J connectivity index is 1.15. The first kappa shape index (κ1) is 22.2. The summed E-state index contributed by atoms with van der Waals surface area (Å²) in [6.45, 7) is 5.67. The normalized spacial score (nSPS) is 14.4. The van der Waals surface area contributed by atoms with Gasteiger partial charge in [0.05, 0.1) is 31.0 Å². The number of benzene rings is 2. The van der Waals surface area contributed by atoms with Crippen LogP contribution in [0.2, 0.25) is 0 Å². The molecular formula is C26H31N3O3. The van der Waals surface area contributed by atoms with Gasteiger partial charge in [-0.15, -0.1) is 0 Å². The van der Waals surface area contributed by atoms with E-state index in [9.17, 15) is 4.79 Å². The lowest BCUT2D eigenvalue weighted by Gasteiger charge is -2.26. The third-order valence-electron chi connectivity index (χ3n) is 5.65. The van der Waals surface area contributed by atoms with E-state index in [0.717, 1.165) is 73.6 Å². The summed E-state index contributed by atoms with van der Waals surface area (Å²) < 4.78 is 11.2. The number of unbranched alkanes of at least 4 members (excludes halogenated alkanes) is 1. The first-order chi connectivity index (χ1) is 15.8. The third-order valence-corrected chi connectivity index (χ3v) is 5.65. The van der Waals surface area contributed by atoms with Gasteiger partial charge in [-0.2, -0.15) is 0 Å². The van der Waals surface area contributed by atoms with Crippen LogP contribution in [-0.2, 0) is 9.53 Å². The van der Waals surface area contributed by atoms with Gasteiger partial charge in [-0.25, -0.2) is 4.98 Å². The summed E-state index contributed by atoms with van der Waals surface area (Å²) in [5.74, 6) is 0.950. The van der Waals surface area contributed by atoms with Gasteiger partial charge in [0.2, 0.25) is 5.91 Å². The number of amides is 1. The second-order valence-electron chi connectivity index (χ2n) is 8.03. The van der Waals surface area contributed by atoms with Crippen LogP contribution >= 0.6 is 0 Å². The van der Waals surface area contributed by atoms with Gasteiger partial charge in [-0.3, -0.25) is 9.69 Å². The lowest BCUT2D eigenvalue weighted by Crippen LogP contribution is -2.41. The summed E-state index contributed by atoms with van der Waals surface area (Å²) in [6.07, 6.45) is 2.20. The topological polar surface area (TPSA) is 63.7 Å². The maximum atomic E-state index is 12.0. The molecule has 0 atom stereocenters. The van der Waals surface area contributed by atoms with E-state index in [2.05, 4.69) is 28.4 Å². The van der Waals surface area contributed by atoms with Gasteiger partial charge in [0.1, 0.15) is 5.75 Å². The van der Waals surface area contributed by atoms with Crippen molar-refractivity contribution in [2.45, 2.75) is 19.3 Å². The maximum absolute atomic E-state index is 12.0. The second-order valence-corrected chi connectivity index (χ2v) is 8.03. The van der Waals surface area contributed by atoms with Crippen molar-refractivity contribution in [3.05, 3.63) is 60.7 Å². The van der Waals surface area contributed by atoms with Gasteiger partial charge < -0.3 is 14.8 Å². The number of fused-ring (bicyclic) bond motifs is 1. The first-order valence-electron chi connectivity index (χ1n) is 11.4. The van der Waals surface area contributed by atoms with Crippen LogP contribution in [0.25, 0.3) is 22.2 Å². The van der Waals surface area contributed by atoms with E-state index in [4.69, 9.17) is 14.5 Å². The lowest BCUT2D eigenvalue weighted by atomic mass is 10.1. The molecule has 3 aromatic rings. The van der Waals surface area contributed by atoms with Gasteiger partial charge in [0.25, 0.3) is 0 Å². The highest BCUT2D eigenvalue weighted by atomic mass is 16.5. The Hall–Kier alpha value is -2.96. The van der Waals surface area contributed by atoms with Crippen LogP contribution in [0.4, 0.5) is 0 Å². The summed E-state index contributed by atoms with van der Waals surface area (Å²) in [7, 11) is 0. The minimum Gasteiger partial charge on any atom is -0.494 e. The molecule has 0 aliphatic carbocycles. The highest BCUT2D eigenvalue weighted by Gasteiger charge is 2.10. The molecule has 168 valence electrons. The number of rotatable bonds is 10. The fourth-order valence-corrected chi connectivity index (χ4v) is 3.81. The molecule has 0 unspecified atom stereocenters. The number of nitrogens with zero attached hydrogens (tertiary/aromatic N) is 2. The van der Waals surface area contributed by atoms with Crippen LogP contribution in [0.15, 0.2) is 60.7 Å². The Morgan fingerprint density at radius 1 is 1.03 bits per heavy atom. The highest BCUT2D eigenvalue weighted by molar-refractivity contribution is 5.82. The molecule has 4 rings (SSSR count). The van der Waals surface area contributed by atoms with Crippen molar-refractivity contribution in [2.24, 2.45) is 0 Å². The molecule has 1 aliphatic heterocycles. The zero-order valence-corrected chi connectivity index (χ0v) is 18.5. The predicted molar refractivity (Wildman–Crippen MR) is 127 cm³/mol. The molecule has 32 heavy (non-hydrogen) atoms. The molecule has 2 heterocycles. The molecule has 0 bridgehead atoms. The van der Waals surface area contributed by atoms with Crippen molar-refractivity contribution in [3.63, 3.8) is 0 Å². The fraction of sp³-hybridized carbons (Fsp3) is 0.385. The maximum Gasteiger partial charge on any atom is 0.220 e. The Morgan fingerprint density at radius 2 is 1.88 bits per heavy atom. The third kappa shape index (κ3) is 6.52. The van der Waals surface area contributed by atoms with Crippen LogP contribution in [0.1, 0.15) is 19.3 Å². The van der Waals surface area contributed by atoms with Crippen LogP contribution in [0.5, 0.6) is 5.75 Å². The van der Waals surface area contributed by atoms with Crippen LogP contribution < -0.4 is 10.1 Å². The summed E-state index contributed by atoms with van der Waals surface area (Å²) in [5, 5.41) is 4.06. The number of hydrogen-bond acceptors (Lipinski definition) is 5. The van der Waals surface area contributed by atoms with Crippen LogP contribution in [-0.4, -0.2) is 61.8 Å². The fourth-order valence-electron chi connectivity index (χ4n) is 3.81. The number of ether oxygens (including phenoxy) is 2. The Kier molecular flexibility index (Phi) is 8.06. The van der Waals surface area contributed by atoms with Gasteiger partial charge >= 0.3 is 0 Å². The second kappa shape index (κ2) is 11.6. The molecule has 1 fully saturated rings. The Labute approximate surface area is 189 Å². The largest absolute Gasteiger partial charge is 0.494 e. The monoisotopic (exact) mass is 433 g/mol. The van der Waals surface area contributed by atoms with Crippen molar-refractivity contribution in [2.75, 3.05) is 46.0 Å². The zero-order valence-electron chi connectivity index (χ0n) is 18.5. The summed E-state index contributed by atoms with van der Waals surface area (Å²) in [6, 6.07) is 20.3. The van der Waals surface area contributed by atoms with Gasteiger partial charge in [-0.05, 0) is 37.1 Å². The van der Waals surface area contributed by atoms with Crippen molar-refractivity contribution in [3.8, 4) is 17.0 Å². The van der Waals surface area contributed by atoms with Gasteiger partial charge in [0.15, 0.2) is 0 Å². The molecule has 0 saturated carbocycles. The standard InChI is InChI=1S/C26H31N3O3/c30-26(27-13-14-29-15-18-31-19-16-29)8-4-5-17-32-23-10-12-25-22(20-23)9-11-24(28-25)21-6-2-1-3-7-21/h1-3,6-7,9-12,20H,4-5,8,13-19H2,(H,27,30). The molecule has 1 saturated heterocycles. The average Bonchev–Trinajstić information content (AvgIpc) is 2.84. The average molecular weight is 434 g/mol. The molecule has 6 heteroatoms. The number of carbonyl (C=O) groups is 1. The van der Waals surface area contributed by atoms with Crippen molar-refractivity contribution in [1.29, 1.82) is 0 Å². The molecule has 0 radical (unpaired) electrons. The summed E-state index contributed by atoms with van der Waals surface area (Å²) >= 11 is 0. The van der Waals surface area contributed by atoms with Gasteiger partial charge in [0, 0.05) is 43.5 Å². The molecule has 6 nitrogen and oxygen atoms in total. The smallest absolute Gasteiger partial charge is 0.220 e. The number of hydrogen-bond donors (Lipinski definition) is 1. The Morgan fingerprint density at radius 3 is 2.72 bits per heavy atom. The molecule has 2 aromatic carbocycles. The Bertz CT molecular complexity index is 1000. The minimum absolute atomic E-state index is 0.115. The van der Waals surface area contributed by atoms with Crippen molar-refractivity contribution in [1.82, 2.24) is 15.2 Å². The van der Waals surface area contributed by atoms with Crippen LogP contribution in [0, 0.1) is 0 Å². The summed E-state index contributed by atoms with van der Waals surface area (Å²) in [4.78, 5) is 19.1. The SMILES string of the molecule is O=C(CCCCOc1ccc2nc(-c3ccccc3)ccc2c1)NCCN1CCOCC1. The van der Waals surface area contributed by atoms with Crippen LogP contribution in [0.3, 0.4) is 0 Å². The van der Waals surface area contributed by atoms with Gasteiger partial charge in [-0.1, -0.05) is 36.4 Å². The first-order valence-corrected chi connectivity index (χ1v) is 11.4. The van der Waals surface area contributed by atoms with E-state index in [-0.39, 0.29) is 5.91 Å². The van der Waals surface area contributed by atoms with E-state index >= 15 is 0 Å². The lowest BCUT2D eigenvalue weighted by molar-refractivity contribution is -0.121. The van der Waals surface area contributed by atoms with E-state index in [1.165, 1.54) is 0 Å².